The first kappa shape index (κ1) is 16.1. The normalized spacial score (nSPS) is 12.3. The minimum Gasteiger partial charge on any atom is -0.493 e. The van der Waals surface area contributed by atoms with E-state index in [4.69, 9.17) is 26.9 Å². The van der Waals surface area contributed by atoms with Crippen LogP contribution in [0.1, 0.15) is 17.3 Å². The summed E-state index contributed by atoms with van der Waals surface area (Å²) in [4.78, 5) is 0. The van der Waals surface area contributed by atoms with Crippen molar-refractivity contribution in [3.05, 3.63) is 39.1 Å². The van der Waals surface area contributed by atoms with Gasteiger partial charge in [0, 0.05) is 7.05 Å². The number of hydrogen-bond donors (Lipinski definition) is 2. The number of nitrogens with zero attached hydrogens (tertiary/aromatic N) is 2. The summed E-state index contributed by atoms with van der Waals surface area (Å²) in [7, 11) is 4.94. The third-order valence-electron chi connectivity index (χ3n) is 3.17. The molecule has 21 heavy (non-hydrogen) atoms. The molecule has 0 aliphatic rings. The van der Waals surface area contributed by atoms with Crippen molar-refractivity contribution in [2.75, 3.05) is 14.2 Å². The zero-order chi connectivity index (χ0) is 15.6. The Hall–Kier alpha value is -1.28. The molecule has 0 amide bonds. The summed E-state index contributed by atoms with van der Waals surface area (Å²) in [6.07, 6.45) is 1.71. The number of aryl methyl sites for hydroxylation is 1. The van der Waals surface area contributed by atoms with Crippen LogP contribution in [0.2, 0.25) is 5.02 Å². The van der Waals surface area contributed by atoms with E-state index in [1.807, 2.05) is 13.1 Å². The zero-order valence-corrected chi connectivity index (χ0v) is 14.2. The first-order valence-electron chi connectivity index (χ1n) is 6.08. The molecule has 3 N–H and O–H groups in total. The first-order valence-corrected chi connectivity index (χ1v) is 7.25. The Kier molecular flexibility index (Phi) is 5.10. The van der Waals surface area contributed by atoms with Crippen molar-refractivity contribution < 1.29 is 9.47 Å². The number of hydrogen-bond acceptors (Lipinski definition) is 5. The molecule has 0 spiro atoms. The van der Waals surface area contributed by atoms with E-state index in [1.54, 1.807) is 31.2 Å². The van der Waals surface area contributed by atoms with Crippen LogP contribution in [-0.2, 0) is 7.05 Å². The van der Waals surface area contributed by atoms with Crippen molar-refractivity contribution in [2.45, 2.75) is 6.04 Å². The molecule has 8 heteroatoms. The van der Waals surface area contributed by atoms with Crippen molar-refractivity contribution in [2.24, 2.45) is 12.9 Å². The quantitative estimate of drug-likeness (QED) is 0.620. The first-order chi connectivity index (χ1) is 10.0. The summed E-state index contributed by atoms with van der Waals surface area (Å²) in [6, 6.07) is 3.31. The molecule has 1 atom stereocenters. The lowest BCUT2D eigenvalue weighted by Crippen LogP contribution is -2.30. The molecular formula is C13H16BrClN4O2. The molecule has 2 aromatic rings. The van der Waals surface area contributed by atoms with E-state index in [0.717, 1.165) is 15.7 Å². The molecule has 1 unspecified atom stereocenters. The van der Waals surface area contributed by atoms with E-state index in [9.17, 15) is 0 Å². The summed E-state index contributed by atoms with van der Waals surface area (Å²) >= 11 is 9.72. The number of benzene rings is 1. The average Bonchev–Trinajstić information content (AvgIpc) is 2.79. The maximum Gasteiger partial charge on any atom is 0.179 e. The van der Waals surface area contributed by atoms with Gasteiger partial charge < -0.3 is 9.47 Å². The Morgan fingerprint density at radius 1 is 1.38 bits per heavy atom. The molecular weight excluding hydrogens is 360 g/mol. The monoisotopic (exact) mass is 374 g/mol. The van der Waals surface area contributed by atoms with Crippen molar-refractivity contribution in [3.63, 3.8) is 0 Å². The minimum atomic E-state index is -0.302. The lowest BCUT2D eigenvalue weighted by Gasteiger charge is -2.20. The van der Waals surface area contributed by atoms with Crippen LogP contribution >= 0.6 is 27.5 Å². The van der Waals surface area contributed by atoms with Crippen LogP contribution in [0.25, 0.3) is 0 Å². The lowest BCUT2D eigenvalue weighted by molar-refractivity contribution is 0.354. The lowest BCUT2D eigenvalue weighted by atomic mass is 10.0. The summed E-state index contributed by atoms with van der Waals surface area (Å²) in [6.45, 7) is 0. The second-order valence-electron chi connectivity index (χ2n) is 4.34. The maximum atomic E-state index is 6.25. The number of nitrogens with one attached hydrogen (secondary N) is 1. The Balaban J connectivity index is 2.56. The van der Waals surface area contributed by atoms with Crippen molar-refractivity contribution >= 4 is 27.5 Å². The molecule has 0 radical (unpaired) electrons. The molecule has 1 aromatic carbocycles. The molecule has 0 bridgehead atoms. The number of ether oxygens (including phenoxy) is 2. The van der Waals surface area contributed by atoms with E-state index in [-0.39, 0.29) is 6.04 Å². The Morgan fingerprint density at radius 2 is 2.10 bits per heavy atom. The molecule has 0 aliphatic heterocycles. The van der Waals surface area contributed by atoms with Gasteiger partial charge in [-0.05, 0) is 33.6 Å². The average molecular weight is 376 g/mol. The molecule has 114 valence electrons. The van der Waals surface area contributed by atoms with Crippen LogP contribution in [-0.4, -0.2) is 24.0 Å². The van der Waals surface area contributed by atoms with E-state index in [1.165, 1.54) is 0 Å². The largest absolute Gasteiger partial charge is 0.493 e. The summed E-state index contributed by atoms with van der Waals surface area (Å²) < 4.78 is 13.1. The van der Waals surface area contributed by atoms with E-state index >= 15 is 0 Å². The van der Waals surface area contributed by atoms with E-state index in [2.05, 4.69) is 26.5 Å². The molecule has 0 saturated carbocycles. The van der Waals surface area contributed by atoms with Crippen LogP contribution in [0.15, 0.2) is 22.8 Å². The zero-order valence-electron chi connectivity index (χ0n) is 11.9. The molecule has 0 saturated heterocycles. The van der Waals surface area contributed by atoms with E-state index < -0.39 is 0 Å². The second-order valence-corrected chi connectivity index (χ2v) is 5.60. The topological polar surface area (TPSA) is 74.3 Å². The highest BCUT2D eigenvalue weighted by Gasteiger charge is 2.22. The fourth-order valence-corrected chi connectivity index (χ4v) is 3.06. The van der Waals surface area contributed by atoms with Crippen LogP contribution in [0.5, 0.6) is 11.5 Å². The molecule has 0 aliphatic carbocycles. The van der Waals surface area contributed by atoms with Gasteiger partial charge in [0.15, 0.2) is 11.5 Å². The Labute approximate surface area is 136 Å². The SMILES string of the molecule is COc1cc(C(NN)c2c(Br)cnn2C)cc(Cl)c1OC. The van der Waals surface area contributed by atoms with Crippen LogP contribution < -0.4 is 20.7 Å². The fraction of sp³-hybridized carbons (Fsp3) is 0.308. The highest BCUT2D eigenvalue weighted by molar-refractivity contribution is 9.10. The Bertz CT molecular complexity index is 628. The van der Waals surface area contributed by atoms with Gasteiger partial charge in [-0.3, -0.25) is 10.5 Å². The predicted octanol–water partition coefficient (Wildman–Crippen LogP) is 2.41. The molecule has 1 aromatic heterocycles. The highest BCUT2D eigenvalue weighted by Crippen LogP contribution is 2.39. The van der Waals surface area contributed by atoms with Gasteiger partial charge in [0.25, 0.3) is 0 Å². The minimum absolute atomic E-state index is 0.302. The highest BCUT2D eigenvalue weighted by atomic mass is 79.9. The van der Waals surface area contributed by atoms with Crippen LogP contribution in [0.3, 0.4) is 0 Å². The smallest absolute Gasteiger partial charge is 0.179 e. The van der Waals surface area contributed by atoms with Gasteiger partial charge in [0.1, 0.15) is 0 Å². The molecule has 1 heterocycles. The van der Waals surface area contributed by atoms with E-state index in [0.29, 0.717) is 16.5 Å². The van der Waals surface area contributed by atoms with Gasteiger partial charge in [-0.1, -0.05) is 11.6 Å². The third kappa shape index (κ3) is 3.01. The maximum absolute atomic E-state index is 6.25. The number of nitrogens with two attached hydrogens (primary N) is 1. The third-order valence-corrected chi connectivity index (χ3v) is 4.06. The van der Waals surface area contributed by atoms with Gasteiger partial charge in [-0.25, -0.2) is 5.43 Å². The number of halogens is 2. The number of rotatable bonds is 5. The number of methoxy groups -OCH3 is 2. The second kappa shape index (κ2) is 6.65. The number of hydrazine groups is 1. The van der Waals surface area contributed by atoms with Gasteiger partial charge in [-0.15, -0.1) is 0 Å². The van der Waals surface area contributed by atoms with Crippen molar-refractivity contribution in [1.29, 1.82) is 0 Å². The van der Waals surface area contributed by atoms with Crippen LogP contribution in [0, 0.1) is 0 Å². The summed E-state index contributed by atoms with van der Waals surface area (Å²) in [5.41, 5.74) is 4.49. The molecule has 2 rings (SSSR count). The van der Waals surface area contributed by atoms with Gasteiger partial charge in [0.05, 0.1) is 41.6 Å². The summed E-state index contributed by atoms with van der Waals surface area (Å²) in [5, 5.41) is 4.64. The Morgan fingerprint density at radius 3 is 2.57 bits per heavy atom. The summed E-state index contributed by atoms with van der Waals surface area (Å²) in [5.74, 6) is 6.75. The number of aromatic nitrogens is 2. The van der Waals surface area contributed by atoms with Gasteiger partial charge >= 0.3 is 0 Å². The molecule has 6 nitrogen and oxygen atoms in total. The van der Waals surface area contributed by atoms with Gasteiger partial charge in [0.2, 0.25) is 0 Å². The van der Waals surface area contributed by atoms with Gasteiger partial charge in [-0.2, -0.15) is 5.10 Å². The molecule has 0 fully saturated rings. The standard InChI is InChI=1S/C13H16BrClN4O2/c1-19-12(8(14)6-17-19)11(18-16)7-4-9(15)13(21-3)10(5-7)20-2/h4-6,11,18H,16H2,1-3H3. The predicted molar refractivity (Wildman–Crippen MR) is 84.6 cm³/mol. The van der Waals surface area contributed by atoms with Crippen LogP contribution in [0.4, 0.5) is 0 Å². The van der Waals surface area contributed by atoms with Crippen molar-refractivity contribution in [1.82, 2.24) is 15.2 Å². The van der Waals surface area contributed by atoms with Crippen molar-refractivity contribution in [3.8, 4) is 11.5 Å². The fourth-order valence-electron chi connectivity index (χ4n) is 2.18.